The van der Waals surface area contributed by atoms with Crippen LogP contribution in [0.15, 0.2) is 34.3 Å². The van der Waals surface area contributed by atoms with Crippen molar-refractivity contribution in [3.8, 4) is 0 Å². The Bertz CT molecular complexity index is 885. The van der Waals surface area contributed by atoms with Gasteiger partial charge < -0.3 is 14.5 Å². The summed E-state index contributed by atoms with van der Waals surface area (Å²) in [6, 6.07) is 6.16. The van der Waals surface area contributed by atoms with Crippen LogP contribution in [-0.2, 0) is 20.7 Å². The van der Waals surface area contributed by atoms with E-state index in [1.165, 1.54) is 18.2 Å². The summed E-state index contributed by atoms with van der Waals surface area (Å²) in [5.41, 5.74) is 4.84. The van der Waals surface area contributed by atoms with Crippen molar-refractivity contribution >= 4 is 29.1 Å². The molecule has 134 valence electrons. The largest absolute Gasteiger partial charge is 0.464 e. The topological polar surface area (TPSA) is 74.6 Å². The number of amides is 1. The number of esters is 1. The van der Waals surface area contributed by atoms with Gasteiger partial charge in [-0.3, -0.25) is 14.8 Å². The van der Waals surface area contributed by atoms with Crippen LogP contribution in [0.3, 0.4) is 0 Å². The molecule has 0 saturated carbocycles. The van der Waals surface area contributed by atoms with Crippen LogP contribution in [0.2, 0.25) is 0 Å². The molecule has 1 aromatic carbocycles. The highest BCUT2D eigenvalue weighted by Gasteiger charge is 2.31. The minimum absolute atomic E-state index is 0.00767. The zero-order valence-electron chi connectivity index (χ0n) is 14.9. The fourth-order valence-corrected chi connectivity index (χ4v) is 3.62. The summed E-state index contributed by atoms with van der Waals surface area (Å²) in [7, 11) is 1.34. The molecule has 0 unspecified atom stereocenters. The van der Waals surface area contributed by atoms with Crippen molar-refractivity contribution in [2.75, 3.05) is 33.4 Å². The predicted molar refractivity (Wildman–Crippen MR) is 97.9 cm³/mol. The lowest BCUT2D eigenvalue weighted by molar-refractivity contribution is -0.132. The van der Waals surface area contributed by atoms with Crippen molar-refractivity contribution in [3.63, 3.8) is 0 Å². The van der Waals surface area contributed by atoms with Crippen LogP contribution in [0.4, 0.5) is 0 Å². The fourth-order valence-electron chi connectivity index (χ4n) is 3.62. The molecule has 0 atom stereocenters. The summed E-state index contributed by atoms with van der Waals surface area (Å²) in [5.74, 6) is 0.241. The molecule has 0 aliphatic carbocycles. The molecule has 1 aromatic rings. The number of amidine groups is 1. The van der Waals surface area contributed by atoms with Gasteiger partial charge in [-0.2, -0.15) is 0 Å². The minimum Gasteiger partial charge on any atom is -0.464 e. The van der Waals surface area contributed by atoms with Crippen LogP contribution < -0.4 is 0 Å². The monoisotopic (exact) mass is 352 g/mol. The lowest BCUT2D eigenvalue weighted by Crippen LogP contribution is -2.36. The van der Waals surface area contributed by atoms with E-state index in [1.807, 2.05) is 21.9 Å². The average Bonchev–Trinajstić information content (AvgIpc) is 3.08. The first-order valence-electron chi connectivity index (χ1n) is 8.60. The molecule has 0 saturated heterocycles. The Kier molecular flexibility index (Phi) is 4.06. The molecule has 3 aliphatic rings. The number of hydrogen-bond acceptors (Lipinski definition) is 6. The summed E-state index contributed by atoms with van der Waals surface area (Å²) in [6.07, 6.45) is 2.79. The van der Waals surface area contributed by atoms with Gasteiger partial charge in [0.05, 0.1) is 19.4 Å². The van der Waals surface area contributed by atoms with Crippen molar-refractivity contribution < 1.29 is 14.3 Å². The highest BCUT2D eigenvalue weighted by atomic mass is 16.5. The third-order valence-electron chi connectivity index (χ3n) is 5.02. The van der Waals surface area contributed by atoms with Gasteiger partial charge in [-0.05, 0) is 24.5 Å². The van der Waals surface area contributed by atoms with Crippen LogP contribution >= 0.6 is 0 Å². The quantitative estimate of drug-likeness (QED) is 0.707. The molecule has 0 bridgehead atoms. The summed E-state index contributed by atoms with van der Waals surface area (Å²) in [4.78, 5) is 36.7. The molecule has 4 rings (SSSR count). The number of aliphatic imine (C=N–C) groups is 2. The second-order valence-corrected chi connectivity index (χ2v) is 6.54. The number of ether oxygens (including phenoxy) is 1. The lowest BCUT2D eigenvalue weighted by atomic mass is 9.92. The zero-order valence-corrected chi connectivity index (χ0v) is 14.9. The number of aryl methyl sites for hydroxylation is 1. The van der Waals surface area contributed by atoms with Gasteiger partial charge in [0.2, 0.25) is 5.91 Å². The van der Waals surface area contributed by atoms with Gasteiger partial charge in [-0.15, -0.1) is 0 Å². The van der Waals surface area contributed by atoms with Gasteiger partial charge in [0, 0.05) is 18.2 Å². The van der Waals surface area contributed by atoms with E-state index in [1.54, 1.807) is 0 Å². The second-order valence-electron chi connectivity index (χ2n) is 6.54. The maximum Gasteiger partial charge on any atom is 0.353 e. The molecule has 3 aliphatic heterocycles. The van der Waals surface area contributed by atoms with E-state index in [9.17, 15) is 9.59 Å². The van der Waals surface area contributed by atoms with Gasteiger partial charge in [-0.25, -0.2) is 4.79 Å². The van der Waals surface area contributed by atoms with Crippen LogP contribution in [-0.4, -0.2) is 66.6 Å². The highest BCUT2D eigenvalue weighted by Crippen LogP contribution is 2.32. The van der Waals surface area contributed by atoms with Crippen molar-refractivity contribution in [2.24, 2.45) is 9.98 Å². The number of fused-ring (bicyclic) bond motifs is 3. The molecule has 0 radical (unpaired) electrons. The van der Waals surface area contributed by atoms with E-state index in [2.05, 4.69) is 29.0 Å². The van der Waals surface area contributed by atoms with Crippen LogP contribution in [0.1, 0.15) is 16.7 Å². The molecule has 1 amide bonds. The molecular weight excluding hydrogens is 332 g/mol. The number of rotatable bonds is 1. The predicted octanol–water partition coefficient (Wildman–Crippen LogP) is 1.02. The Labute approximate surface area is 151 Å². The van der Waals surface area contributed by atoms with Crippen molar-refractivity contribution in [2.45, 2.75) is 13.3 Å². The third-order valence-corrected chi connectivity index (χ3v) is 5.02. The molecule has 0 fully saturated rings. The van der Waals surface area contributed by atoms with Crippen LogP contribution in [0, 0.1) is 6.92 Å². The van der Waals surface area contributed by atoms with Gasteiger partial charge in [0.1, 0.15) is 24.8 Å². The lowest BCUT2D eigenvalue weighted by Gasteiger charge is -2.31. The second kappa shape index (κ2) is 6.40. The Morgan fingerprint density at radius 1 is 1.27 bits per heavy atom. The first kappa shape index (κ1) is 16.5. The summed E-state index contributed by atoms with van der Waals surface area (Å²) in [5, 5.41) is 0. The van der Waals surface area contributed by atoms with E-state index in [0.29, 0.717) is 31.3 Å². The number of benzene rings is 1. The molecular formula is C19H20N4O3. The Balaban J connectivity index is 1.69. The normalized spacial score (nSPS) is 19.2. The molecule has 7 heteroatoms. The number of hydrogen-bond donors (Lipinski definition) is 0. The molecule has 7 nitrogen and oxygen atoms in total. The standard InChI is InChI=1S/C19H20N4O3/c1-12-4-3-5-14-13(12)6-7-23-16(14)8-17(20-9-18(23)24)22-10-15(21-11-22)19(25)26-2/h3-5,8H,6-7,9-11H2,1-2H3. The maximum atomic E-state index is 12.6. The van der Waals surface area contributed by atoms with Crippen molar-refractivity contribution in [3.05, 3.63) is 41.0 Å². The van der Waals surface area contributed by atoms with Crippen LogP contribution in [0.5, 0.6) is 0 Å². The smallest absolute Gasteiger partial charge is 0.353 e. The van der Waals surface area contributed by atoms with Gasteiger partial charge >= 0.3 is 5.97 Å². The molecule has 0 N–H and O–H groups in total. The zero-order chi connectivity index (χ0) is 18.3. The minimum atomic E-state index is -0.425. The van der Waals surface area contributed by atoms with Gasteiger partial charge in [0.25, 0.3) is 0 Å². The van der Waals surface area contributed by atoms with E-state index in [-0.39, 0.29) is 12.5 Å². The van der Waals surface area contributed by atoms with Gasteiger partial charge in [-0.1, -0.05) is 18.2 Å². The molecule has 26 heavy (non-hydrogen) atoms. The average molecular weight is 352 g/mol. The Hall–Kier alpha value is -2.96. The first-order valence-corrected chi connectivity index (χ1v) is 8.60. The highest BCUT2D eigenvalue weighted by molar-refractivity contribution is 6.38. The van der Waals surface area contributed by atoms with Crippen molar-refractivity contribution in [1.82, 2.24) is 9.80 Å². The number of carbonyl (C=O) groups is 2. The molecule has 0 spiro atoms. The maximum absolute atomic E-state index is 12.6. The number of carbonyl (C=O) groups excluding carboxylic acids is 2. The fraction of sp³-hybridized carbons (Fsp3) is 0.368. The van der Waals surface area contributed by atoms with E-state index >= 15 is 0 Å². The molecule has 3 heterocycles. The van der Waals surface area contributed by atoms with E-state index in [0.717, 1.165) is 17.7 Å². The SMILES string of the molecule is COC(=O)C1=NCN(C2=NCC(=O)N3CCc4c(C)cccc4C3=C2)C1. The third kappa shape index (κ3) is 2.69. The summed E-state index contributed by atoms with van der Waals surface area (Å²) >= 11 is 0. The Morgan fingerprint density at radius 3 is 2.92 bits per heavy atom. The van der Waals surface area contributed by atoms with Crippen LogP contribution in [0.25, 0.3) is 5.70 Å². The summed E-state index contributed by atoms with van der Waals surface area (Å²) in [6.45, 7) is 3.53. The van der Waals surface area contributed by atoms with E-state index < -0.39 is 5.97 Å². The number of methoxy groups -OCH3 is 1. The Morgan fingerprint density at radius 2 is 2.12 bits per heavy atom. The van der Waals surface area contributed by atoms with Crippen molar-refractivity contribution in [1.29, 1.82) is 0 Å². The van der Waals surface area contributed by atoms with Gasteiger partial charge in [0.15, 0.2) is 0 Å². The molecule has 0 aromatic heterocycles. The first-order chi connectivity index (χ1) is 12.6. The summed E-state index contributed by atoms with van der Waals surface area (Å²) < 4.78 is 4.74. The number of nitrogens with zero attached hydrogens (tertiary/aromatic N) is 4. The van der Waals surface area contributed by atoms with E-state index in [4.69, 9.17) is 4.74 Å².